The van der Waals surface area contributed by atoms with Crippen molar-refractivity contribution in [1.82, 2.24) is 4.90 Å². The predicted molar refractivity (Wildman–Crippen MR) is 59.1 cm³/mol. The van der Waals surface area contributed by atoms with Gasteiger partial charge in [-0.25, -0.2) is 0 Å². The van der Waals surface area contributed by atoms with Crippen molar-refractivity contribution in [1.29, 1.82) is 0 Å². The van der Waals surface area contributed by atoms with Crippen molar-refractivity contribution in [3.8, 4) is 0 Å². The van der Waals surface area contributed by atoms with Crippen molar-refractivity contribution < 1.29 is 19.4 Å². The summed E-state index contributed by atoms with van der Waals surface area (Å²) in [7, 11) is 3.25. The van der Waals surface area contributed by atoms with E-state index in [1.54, 1.807) is 26.0 Å². The number of carbonyl (C=O) groups excluding carboxylic acids is 1. The molecule has 16 heavy (non-hydrogen) atoms. The summed E-state index contributed by atoms with van der Waals surface area (Å²) in [4.78, 5) is 13.5. The molecule has 1 aliphatic heterocycles. The first-order valence-corrected chi connectivity index (χ1v) is 5.60. The molecular weight excluding hydrogens is 210 g/mol. The summed E-state index contributed by atoms with van der Waals surface area (Å²) in [5.74, 6) is 0.0579. The maximum absolute atomic E-state index is 11.8. The van der Waals surface area contributed by atoms with Crippen LogP contribution in [-0.2, 0) is 14.3 Å². The van der Waals surface area contributed by atoms with Crippen LogP contribution >= 0.6 is 0 Å². The lowest BCUT2D eigenvalue weighted by molar-refractivity contribution is -0.131. The number of nitrogens with zero attached hydrogens (tertiary/aromatic N) is 1. The normalized spacial score (nSPS) is 27.1. The fourth-order valence-corrected chi connectivity index (χ4v) is 1.89. The fourth-order valence-electron chi connectivity index (χ4n) is 1.89. The van der Waals surface area contributed by atoms with Crippen LogP contribution in [0.4, 0.5) is 0 Å². The largest absolute Gasteiger partial charge is 0.393 e. The SMILES string of the molecule is COC1CN(C(=O)CCC(C)O)CC1OC. The van der Waals surface area contributed by atoms with E-state index in [4.69, 9.17) is 14.6 Å². The van der Waals surface area contributed by atoms with Gasteiger partial charge in [-0.05, 0) is 13.3 Å². The van der Waals surface area contributed by atoms with Gasteiger partial charge in [0, 0.05) is 33.7 Å². The Morgan fingerprint density at radius 1 is 1.38 bits per heavy atom. The summed E-state index contributed by atoms with van der Waals surface area (Å²) >= 11 is 0. The van der Waals surface area contributed by atoms with Gasteiger partial charge in [0.1, 0.15) is 12.2 Å². The molecule has 1 fully saturated rings. The van der Waals surface area contributed by atoms with Gasteiger partial charge < -0.3 is 19.5 Å². The molecule has 0 aromatic carbocycles. The molecule has 0 bridgehead atoms. The third-order valence-corrected chi connectivity index (χ3v) is 2.95. The highest BCUT2D eigenvalue weighted by Gasteiger charge is 2.35. The molecule has 3 atom stereocenters. The van der Waals surface area contributed by atoms with Gasteiger partial charge in [-0.1, -0.05) is 0 Å². The first-order valence-electron chi connectivity index (χ1n) is 5.60. The number of carbonyl (C=O) groups is 1. The molecule has 0 aliphatic carbocycles. The smallest absolute Gasteiger partial charge is 0.222 e. The molecule has 1 aliphatic rings. The van der Waals surface area contributed by atoms with Gasteiger partial charge in [0.15, 0.2) is 0 Å². The van der Waals surface area contributed by atoms with Crippen LogP contribution in [0.3, 0.4) is 0 Å². The van der Waals surface area contributed by atoms with Crippen molar-refractivity contribution in [2.24, 2.45) is 0 Å². The lowest BCUT2D eigenvalue weighted by Crippen LogP contribution is -2.30. The van der Waals surface area contributed by atoms with Crippen LogP contribution in [0.1, 0.15) is 19.8 Å². The van der Waals surface area contributed by atoms with E-state index >= 15 is 0 Å². The van der Waals surface area contributed by atoms with Gasteiger partial charge >= 0.3 is 0 Å². The summed E-state index contributed by atoms with van der Waals surface area (Å²) in [6, 6.07) is 0. The molecule has 5 nitrogen and oxygen atoms in total. The molecule has 1 N–H and O–H groups in total. The Balaban J connectivity index is 2.41. The molecule has 1 rings (SSSR count). The Morgan fingerprint density at radius 2 is 1.88 bits per heavy atom. The van der Waals surface area contributed by atoms with E-state index in [0.717, 1.165) is 0 Å². The Morgan fingerprint density at radius 3 is 2.25 bits per heavy atom. The van der Waals surface area contributed by atoms with Crippen LogP contribution in [0.25, 0.3) is 0 Å². The number of methoxy groups -OCH3 is 2. The van der Waals surface area contributed by atoms with E-state index in [1.165, 1.54) is 0 Å². The number of hydrogen-bond donors (Lipinski definition) is 1. The first kappa shape index (κ1) is 13.4. The number of likely N-dealkylation sites (tertiary alicyclic amines) is 1. The third-order valence-electron chi connectivity index (χ3n) is 2.95. The second-order valence-corrected chi connectivity index (χ2v) is 4.23. The number of rotatable bonds is 5. The lowest BCUT2D eigenvalue weighted by atomic mass is 10.2. The number of hydrogen-bond acceptors (Lipinski definition) is 4. The average Bonchev–Trinajstić information content (AvgIpc) is 2.68. The fraction of sp³-hybridized carbons (Fsp3) is 0.909. The minimum atomic E-state index is -0.428. The molecule has 0 aromatic rings. The second kappa shape index (κ2) is 6.18. The number of amides is 1. The molecular formula is C11H21NO4. The van der Waals surface area contributed by atoms with E-state index in [1.807, 2.05) is 0 Å². The van der Waals surface area contributed by atoms with E-state index in [2.05, 4.69) is 0 Å². The summed E-state index contributed by atoms with van der Waals surface area (Å²) in [5, 5.41) is 9.12. The van der Waals surface area contributed by atoms with Crippen molar-refractivity contribution in [2.45, 2.75) is 38.1 Å². The molecule has 1 amide bonds. The Kier molecular flexibility index (Phi) is 5.18. The molecule has 5 heteroatoms. The molecule has 0 radical (unpaired) electrons. The zero-order chi connectivity index (χ0) is 12.1. The summed E-state index contributed by atoms with van der Waals surface area (Å²) < 4.78 is 10.5. The zero-order valence-corrected chi connectivity index (χ0v) is 10.2. The first-order chi connectivity index (χ1) is 7.58. The molecule has 1 heterocycles. The standard InChI is InChI=1S/C11H21NO4/c1-8(13)4-5-11(14)12-6-9(15-2)10(7-12)16-3/h8-10,13H,4-7H2,1-3H3. The van der Waals surface area contributed by atoms with Crippen LogP contribution in [0.2, 0.25) is 0 Å². The van der Waals surface area contributed by atoms with Gasteiger partial charge in [-0.2, -0.15) is 0 Å². The van der Waals surface area contributed by atoms with Crippen LogP contribution in [0.15, 0.2) is 0 Å². The number of ether oxygens (including phenoxy) is 2. The molecule has 1 saturated heterocycles. The summed E-state index contributed by atoms with van der Waals surface area (Å²) in [5.41, 5.74) is 0. The van der Waals surface area contributed by atoms with Crippen LogP contribution in [0, 0.1) is 0 Å². The predicted octanol–water partition coefficient (Wildman–Crippen LogP) is 0.0196. The monoisotopic (exact) mass is 231 g/mol. The van der Waals surface area contributed by atoms with Crippen LogP contribution < -0.4 is 0 Å². The number of aliphatic hydroxyl groups is 1. The minimum absolute atomic E-state index is 0.0412. The molecule has 3 unspecified atom stereocenters. The van der Waals surface area contributed by atoms with Crippen molar-refractivity contribution in [3.63, 3.8) is 0 Å². The highest BCUT2D eigenvalue weighted by atomic mass is 16.5. The van der Waals surface area contributed by atoms with Gasteiger partial charge in [0.25, 0.3) is 0 Å². The van der Waals surface area contributed by atoms with Gasteiger partial charge in [0.2, 0.25) is 5.91 Å². The topological polar surface area (TPSA) is 59.0 Å². The average molecular weight is 231 g/mol. The Hall–Kier alpha value is -0.650. The van der Waals surface area contributed by atoms with Crippen molar-refractivity contribution >= 4 is 5.91 Å². The summed E-state index contributed by atoms with van der Waals surface area (Å²) in [6.45, 7) is 2.84. The quantitative estimate of drug-likeness (QED) is 0.724. The molecule has 0 saturated carbocycles. The second-order valence-electron chi connectivity index (χ2n) is 4.23. The highest BCUT2D eigenvalue weighted by Crippen LogP contribution is 2.17. The highest BCUT2D eigenvalue weighted by molar-refractivity contribution is 5.76. The number of aliphatic hydroxyl groups excluding tert-OH is 1. The van der Waals surface area contributed by atoms with E-state index < -0.39 is 6.10 Å². The Labute approximate surface area is 96.3 Å². The molecule has 0 spiro atoms. The van der Waals surface area contributed by atoms with Crippen LogP contribution in [-0.4, -0.2) is 61.5 Å². The van der Waals surface area contributed by atoms with Gasteiger partial charge in [-0.3, -0.25) is 4.79 Å². The third kappa shape index (κ3) is 3.43. The van der Waals surface area contributed by atoms with Crippen LogP contribution in [0.5, 0.6) is 0 Å². The van der Waals surface area contributed by atoms with Gasteiger partial charge in [-0.15, -0.1) is 0 Å². The molecule has 94 valence electrons. The minimum Gasteiger partial charge on any atom is -0.393 e. The lowest BCUT2D eigenvalue weighted by Gasteiger charge is -2.16. The van der Waals surface area contributed by atoms with E-state index in [-0.39, 0.29) is 18.1 Å². The van der Waals surface area contributed by atoms with E-state index in [0.29, 0.717) is 25.9 Å². The maximum atomic E-state index is 11.8. The molecule has 0 aromatic heterocycles. The van der Waals surface area contributed by atoms with E-state index in [9.17, 15) is 4.79 Å². The Bertz CT molecular complexity index is 220. The zero-order valence-electron chi connectivity index (χ0n) is 10.2. The summed E-state index contributed by atoms with van der Waals surface area (Å²) in [6.07, 6.45) is 0.374. The van der Waals surface area contributed by atoms with Crippen molar-refractivity contribution in [3.05, 3.63) is 0 Å². The maximum Gasteiger partial charge on any atom is 0.222 e. The van der Waals surface area contributed by atoms with Crippen molar-refractivity contribution in [2.75, 3.05) is 27.3 Å². The van der Waals surface area contributed by atoms with Gasteiger partial charge in [0.05, 0.1) is 6.10 Å².